The van der Waals surface area contributed by atoms with Crippen molar-refractivity contribution in [2.45, 2.75) is 53.5 Å². The Morgan fingerprint density at radius 3 is 2.19 bits per heavy atom. The van der Waals surface area contributed by atoms with Crippen LogP contribution in [0.3, 0.4) is 0 Å². The summed E-state index contributed by atoms with van der Waals surface area (Å²) in [5.74, 6) is 0.901. The summed E-state index contributed by atoms with van der Waals surface area (Å²) < 4.78 is 0. The van der Waals surface area contributed by atoms with Crippen LogP contribution in [-0.4, -0.2) is 37.1 Å². The molecule has 1 saturated heterocycles. The third-order valence-corrected chi connectivity index (χ3v) is 3.22. The van der Waals surface area contributed by atoms with Crippen LogP contribution in [0.2, 0.25) is 0 Å². The smallest absolute Gasteiger partial charge is 0.00300 e. The lowest BCUT2D eigenvalue weighted by Gasteiger charge is -2.36. The molecule has 0 unspecified atom stereocenters. The first-order valence-corrected chi connectivity index (χ1v) is 6.82. The van der Waals surface area contributed by atoms with Gasteiger partial charge in [-0.25, -0.2) is 0 Å². The molecule has 1 aliphatic rings. The molecule has 1 aliphatic heterocycles. The highest BCUT2D eigenvalue weighted by Crippen LogP contribution is 2.21. The van der Waals surface area contributed by atoms with Gasteiger partial charge in [0, 0.05) is 12.6 Å². The third kappa shape index (κ3) is 5.86. The van der Waals surface area contributed by atoms with Gasteiger partial charge in [-0.3, -0.25) is 0 Å². The van der Waals surface area contributed by atoms with Crippen LogP contribution in [0.1, 0.15) is 47.5 Å². The highest BCUT2D eigenvalue weighted by Gasteiger charge is 2.22. The third-order valence-electron chi connectivity index (χ3n) is 3.22. The first-order chi connectivity index (χ1) is 7.37. The monoisotopic (exact) mass is 226 g/mol. The molecule has 0 aromatic carbocycles. The van der Waals surface area contributed by atoms with Gasteiger partial charge in [-0.15, -0.1) is 0 Å². The van der Waals surface area contributed by atoms with E-state index in [4.69, 9.17) is 0 Å². The number of rotatable bonds is 4. The van der Waals surface area contributed by atoms with Gasteiger partial charge < -0.3 is 10.2 Å². The van der Waals surface area contributed by atoms with Crippen molar-refractivity contribution in [3.8, 4) is 0 Å². The van der Waals surface area contributed by atoms with Gasteiger partial charge in [0.15, 0.2) is 0 Å². The summed E-state index contributed by atoms with van der Waals surface area (Å²) in [4.78, 5) is 2.63. The molecule has 2 nitrogen and oxygen atoms in total. The molecule has 0 aromatic rings. The van der Waals surface area contributed by atoms with E-state index in [0.29, 0.717) is 11.5 Å². The minimum absolute atomic E-state index is 0.447. The Hall–Kier alpha value is -0.0800. The van der Waals surface area contributed by atoms with E-state index in [0.717, 1.165) is 5.92 Å². The van der Waals surface area contributed by atoms with Crippen molar-refractivity contribution in [1.29, 1.82) is 0 Å². The summed E-state index contributed by atoms with van der Waals surface area (Å²) >= 11 is 0. The number of hydrogen-bond acceptors (Lipinski definition) is 2. The Labute approximate surface area is 102 Å². The molecule has 96 valence electrons. The van der Waals surface area contributed by atoms with Gasteiger partial charge in [0.1, 0.15) is 0 Å². The quantitative estimate of drug-likeness (QED) is 0.793. The van der Waals surface area contributed by atoms with Crippen LogP contribution in [0.4, 0.5) is 0 Å². The van der Waals surface area contributed by atoms with Crippen LogP contribution in [0.25, 0.3) is 0 Å². The van der Waals surface area contributed by atoms with Gasteiger partial charge in [-0.1, -0.05) is 34.6 Å². The fraction of sp³-hybridized carbons (Fsp3) is 1.00. The van der Waals surface area contributed by atoms with Crippen molar-refractivity contribution in [1.82, 2.24) is 10.2 Å². The van der Waals surface area contributed by atoms with Gasteiger partial charge in [-0.2, -0.15) is 0 Å². The second kappa shape index (κ2) is 6.02. The van der Waals surface area contributed by atoms with Gasteiger partial charge >= 0.3 is 0 Å². The van der Waals surface area contributed by atoms with Crippen molar-refractivity contribution >= 4 is 0 Å². The number of hydrogen-bond donors (Lipinski definition) is 1. The van der Waals surface area contributed by atoms with Crippen molar-refractivity contribution in [2.24, 2.45) is 11.3 Å². The SMILES string of the molecule is CC(C)NCC1CCN(CC(C)(C)C)CC1. The van der Waals surface area contributed by atoms with Crippen molar-refractivity contribution in [2.75, 3.05) is 26.2 Å². The molecule has 0 atom stereocenters. The fourth-order valence-electron chi connectivity index (χ4n) is 2.42. The fourth-order valence-corrected chi connectivity index (χ4v) is 2.42. The predicted octanol–water partition coefficient (Wildman–Crippen LogP) is 2.74. The van der Waals surface area contributed by atoms with Gasteiger partial charge in [0.2, 0.25) is 0 Å². The second-order valence-corrected chi connectivity index (χ2v) is 6.84. The van der Waals surface area contributed by atoms with E-state index in [2.05, 4.69) is 44.8 Å². The Bertz CT molecular complexity index is 185. The lowest BCUT2D eigenvalue weighted by Crippen LogP contribution is -2.41. The predicted molar refractivity (Wildman–Crippen MR) is 71.8 cm³/mol. The largest absolute Gasteiger partial charge is 0.314 e. The van der Waals surface area contributed by atoms with Gasteiger partial charge in [-0.05, 0) is 43.8 Å². The summed E-state index contributed by atoms with van der Waals surface area (Å²) in [6.45, 7) is 16.5. The molecule has 0 aromatic heterocycles. The molecule has 16 heavy (non-hydrogen) atoms. The molecule has 1 heterocycles. The van der Waals surface area contributed by atoms with Crippen LogP contribution < -0.4 is 5.32 Å². The van der Waals surface area contributed by atoms with Crippen LogP contribution in [-0.2, 0) is 0 Å². The van der Waals surface area contributed by atoms with Crippen LogP contribution in [0, 0.1) is 11.3 Å². The van der Waals surface area contributed by atoms with E-state index in [-0.39, 0.29) is 0 Å². The molecule has 0 amide bonds. The van der Waals surface area contributed by atoms with E-state index in [1.54, 1.807) is 0 Å². The first kappa shape index (κ1) is 14.0. The average Bonchev–Trinajstić information content (AvgIpc) is 2.14. The summed E-state index contributed by atoms with van der Waals surface area (Å²) in [5.41, 5.74) is 0.447. The molecule has 0 aliphatic carbocycles. The maximum absolute atomic E-state index is 3.56. The molecule has 0 saturated carbocycles. The number of nitrogens with zero attached hydrogens (tertiary/aromatic N) is 1. The van der Waals surface area contributed by atoms with E-state index in [1.165, 1.54) is 39.0 Å². The molecule has 1 N–H and O–H groups in total. The number of piperidine rings is 1. The zero-order chi connectivity index (χ0) is 12.2. The maximum Gasteiger partial charge on any atom is 0.00300 e. The van der Waals surface area contributed by atoms with Crippen LogP contribution in [0.5, 0.6) is 0 Å². The molecule has 1 fully saturated rings. The first-order valence-electron chi connectivity index (χ1n) is 6.82. The highest BCUT2D eigenvalue weighted by atomic mass is 15.1. The second-order valence-electron chi connectivity index (χ2n) is 6.84. The molecule has 2 heteroatoms. The summed E-state index contributed by atoms with van der Waals surface area (Å²) in [7, 11) is 0. The van der Waals surface area contributed by atoms with Gasteiger partial charge in [0.25, 0.3) is 0 Å². The Morgan fingerprint density at radius 1 is 1.19 bits per heavy atom. The molecular formula is C14H30N2. The van der Waals surface area contributed by atoms with Gasteiger partial charge in [0.05, 0.1) is 0 Å². The Balaban J connectivity index is 2.18. The standard InChI is InChI=1S/C14H30N2/c1-12(2)15-10-13-6-8-16(9-7-13)11-14(3,4)5/h12-13,15H,6-11H2,1-5H3. The van der Waals surface area contributed by atoms with Crippen molar-refractivity contribution < 1.29 is 0 Å². The minimum Gasteiger partial charge on any atom is -0.314 e. The highest BCUT2D eigenvalue weighted by molar-refractivity contribution is 4.77. The van der Waals surface area contributed by atoms with E-state index in [9.17, 15) is 0 Å². The van der Waals surface area contributed by atoms with Crippen molar-refractivity contribution in [3.63, 3.8) is 0 Å². The van der Waals surface area contributed by atoms with Crippen LogP contribution >= 0.6 is 0 Å². The summed E-state index contributed by atoms with van der Waals surface area (Å²) in [6, 6.07) is 0.632. The molecule has 0 spiro atoms. The molecular weight excluding hydrogens is 196 g/mol. The zero-order valence-corrected chi connectivity index (χ0v) is 11.8. The summed E-state index contributed by atoms with van der Waals surface area (Å²) in [5, 5.41) is 3.56. The average molecular weight is 226 g/mol. The number of likely N-dealkylation sites (tertiary alicyclic amines) is 1. The summed E-state index contributed by atoms with van der Waals surface area (Å²) in [6.07, 6.45) is 2.74. The number of nitrogens with one attached hydrogen (secondary N) is 1. The molecule has 0 bridgehead atoms. The zero-order valence-electron chi connectivity index (χ0n) is 11.8. The van der Waals surface area contributed by atoms with E-state index >= 15 is 0 Å². The normalized spacial score (nSPS) is 20.6. The molecule has 0 radical (unpaired) electrons. The maximum atomic E-state index is 3.56. The molecule has 1 rings (SSSR count). The topological polar surface area (TPSA) is 15.3 Å². The van der Waals surface area contributed by atoms with Crippen molar-refractivity contribution in [3.05, 3.63) is 0 Å². The van der Waals surface area contributed by atoms with E-state index < -0.39 is 0 Å². The Kier molecular flexibility index (Phi) is 5.26. The Morgan fingerprint density at radius 2 is 1.75 bits per heavy atom. The van der Waals surface area contributed by atoms with E-state index in [1.807, 2.05) is 0 Å². The lowest BCUT2D eigenvalue weighted by molar-refractivity contribution is 0.135. The minimum atomic E-state index is 0.447. The van der Waals surface area contributed by atoms with Crippen LogP contribution in [0.15, 0.2) is 0 Å². The lowest BCUT2D eigenvalue weighted by atomic mass is 9.92.